The van der Waals surface area contributed by atoms with E-state index in [1.165, 1.54) is 35.7 Å². The van der Waals surface area contributed by atoms with Gasteiger partial charge in [-0.15, -0.1) is 11.3 Å². The number of aliphatic hydroxyl groups is 1. The fourth-order valence-corrected chi connectivity index (χ4v) is 3.51. The molecule has 1 aromatic carbocycles. The van der Waals surface area contributed by atoms with E-state index in [1.54, 1.807) is 0 Å². The molecule has 0 amide bonds. The number of hydrogen-bond donors (Lipinski definition) is 2. The minimum Gasteiger partial charge on any atom is -0.391 e. The largest absolute Gasteiger partial charge is 0.391 e. The van der Waals surface area contributed by atoms with Crippen molar-refractivity contribution in [1.82, 2.24) is 0 Å². The normalized spacial score (nSPS) is 11.4. The van der Waals surface area contributed by atoms with Crippen molar-refractivity contribution >= 4 is 27.0 Å². The SMILES string of the molecule is O=S(=O)(Nc1ccc(F)cc1)c1csc(CO)c1. The molecule has 0 saturated heterocycles. The summed E-state index contributed by atoms with van der Waals surface area (Å²) in [6.07, 6.45) is 0. The van der Waals surface area contributed by atoms with Crippen molar-refractivity contribution in [3.63, 3.8) is 0 Å². The third kappa shape index (κ3) is 2.87. The summed E-state index contributed by atoms with van der Waals surface area (Å²) >= 11 is 1.16. The third-order valence-corrected chi connectivity index (χ3v) is 4.62. The lowest BCUT2D eigenvalue weighted by Crippen LogP contribution is -2.12. The van der Waals surface area contributed by atoms with Gasteiger partial charge in [-0.3, -0.25) is 4.72 Å². The summed E-state index contributed by atoms with van der Waals surface area (Å²) in [5.74, 6) is -0.434. The maximum atomic E-state index is 12.7. The molecule has 0 atom stereocenters. The van der Waals surface area contributed by atoms with E-state index in [2.05, 4.69) is 4.72 Å². The Bertz CT molecular complexity index is 635. The Kier molecular flexibility index (Phi) is 3.65. The van der Waals surface area contributed by atoms with Gasteiger partial charge in [0.15, 0.2) is 0 Å². The molecule has 0 aliphatic rings. The van der Waals surface area contributed by atoms with E-state index in [-0.39, 0.29) is 17.2 Å². The molecule has 0 aliphatic carbocycles. The average molecular weight is 287 g/mol. The molecule has 0 saturated carbocycles. The van der Waals surface area contributed by atoms with Gasteiger partial charge in [0.25, 0.3) is 10.0 Å². The van der Waals surface area contributed by atoms with Gasteiger partial charge in [0.05, 0.1) is 11.5 Å². The predicted octanol–water partition coefficient (Wildman–Crippen LogP) is 2.18. The average Bonchev–Trinajstić information content (AvgIpc) is 2.81. The van der Waals surface area contributed by atoms with Crippen molar-refractivity contribution in [1.29, 1.82) is 0 Å². The van der Waals surface area contributed by atoms with Crippen LogP contribution in [0.1, 0.15) is 4.88 Å². The van der Waals surface area contributed by atoms with Crippen LogP contribution in [0.5, 0.6) is 0 Å². The fraction of sp³-hybridized carbons (Fsp3) is 0.0909. The zero-order valence-corrected chi connectivity index (χ0v) is 10.8. The summed E-state index contributed by atoms with van der Waals surface area (Å²) in [4.78, 5) is 0.648. The van der Waals surface area contributed by atoms with Crippen LogP contribution in [0, 0.1) is 5.82 Å². The van der Waals surface area contributed by atoms with E-state index in [0.29, 0.717) is 4.88 Å². The molecule has 7 heteroatoms. The highest BCUT2D eigenvalue weighted by Crippen LogP contribution is 2.22. The molecule has 2 aromatic rings. The summed E-state index contributed by atoms with van der Waals surface area (Å²) in [5, 5.41) is 10.3. The Morgan fingerprint density at radius 3 is 2.50 bits per heavy atom. The molecule has 2 rings (SSSR count). The Hall–Kier alpha value is -1.44. The van der Waals surface area contributed by atoms with E-state index in [9.17, 15) is 12.8 Å². The van der Waals surface area contributed by atoms with Crippen molar-refractivity contribution in [2.24, 2.45) is 0 Å². The lowest BCUT2D eigenvalue weighted by atomic mass is 10.3. The lowest BCUT2D eigenvalue weighted by molar-refractivity contribution is 0.285. The quantitative estimate of drug-likeness (QED) is 0.905. The van der Waals surface area contributed by atoms with Crippen LogP contribution in [0.3, 0.4) is 0 Å². The second kappa shape index (κ2) is 5.05. The Labute approximate surface area is 108 Å². The summed E-state index contributed by atoms with van der Waals surface area (Å²) in [6.45, 7) is -0.198. The molecular formula is C11H10FNO3S2. The second-order valence-corrected chi connectivity index (χ2v) is 6.20. The van der Waals surface area contributed by atoms with Crippen LogP contribution in [-0.4, -0.2) is 13.5 Å². The first-order chi connectivity index (χ1) is 8.51. The van der Waals surface area contributed by atoms with E-state index >= 15 is 0 Å². The molecular weight excluding hydrogens is 277 g/mol. The van der Waals surface area contributed by atoms with Gasteiger partial charge in [-0.05, 0) is 30.3 Å². The minimum atomic E-state index is -3.69. The fourth-order valence-electron chi connectivity index (χ4n) is 1.32. The van der Waals surface area contributed by atoms with Gasteiger partial charge in [-0.2, -0.15) is 0 Å². The Balaban J connectivity index is 2.24. The van der Waals surface area contributed by atoms with Crippen molar-refractivity contribution in [2.45, 2.75) is 11.5 Å². The monoisotopic (exact) mass is 287 g/mol. The summed E-state index contributed by atoms with van der Waals surface area (Å²) in [5.41, 5.74) is 0.285. The molecule has 96 valence electrons. The number of thiophene rings is 1. The van der Waals surface area contributed by atoms with E-state index in [1.807, 2.05) is 0 Å². The Morgan fingerprint density at radius 2 is 1.94 bits per heavy atom. The number of anilines is 1. The molecule has 0 aliphatic heterocycles. The molecule has 18 heavy (non-hydrogen) atoms. The summed E-state index contributed by atoms with van der Waals surface area (Å²) in [6, 6.07) is 6.42. The predicted molar refractivity (Wildman–Crippen MR) is 67.5 cm³/mol. The summed E-state index contributed by atoms with van der Waals surface area (Å²) in [7, 11) is -3.69. The van der Waals surface area contributed by atoms with Gasteiger partial charge in [-0.1, -0.05) is 0 Å². The smallest absolute Gasteiger partial charge is 0.262 e. The van der Waals surface area contributed by atoms with Crippen LogP contribution in [0.15, 0.2) is 40.6 Å². The highest BCUT2D eigenvalue weighted by Gasteiger charge is 2.16. The van der Waals surface area contributed by atoms with Gasteiger partial charge in [0.1, 0.15) is 5.82 Å². The van der Waals surface area contributed by atoms with E-state index in [0.717, 1.165) is 11.3 Å². The van der Waals surface area contributed by atoms with Gasteiger partial charge < -0.3 is 5.11 Å². The maximum absolute atomic E-state index is 12.7. The molecule has 0 fully saturated rings. The first-order valence-electron chi connectivity index (χ1n) is 4.98. The van der Waals surface area contributed by atoms with Crippen LogP contribution in [0.4, 0.5) is 10.1 Å². The molecule has 0 unspecified atom stereocenters. The number of sulfonamides is 1. The highest BCUT2D eigenvalue weighted by molar-refractivity contribution is 7.92. The van der Waals surface area contributed by atoms with Gasteiger partial charge in [0.2, 0.25) is 0 Å². The van der Waals surface area contributed by atoms with Gasteiger partial charge in [0, 0.05) is 15.9 Å². The van der Waals surface area contributed by atoms with Crippen molar-refractivity contribution in [3.8, 4) is 0 Å². The highest BCUT2D eigenvalue weighted by atomic mass is 32.2. The summed E-state index contributed by atoms with van der Waals surface area (Å²) < 4.78 is 38.9. The van der Waals surface area contributed by atoms with E-state index in [4.69, 9.17) is 5.11 Å². The van der Waals surface area contributed by atoms with Gasteiger partial charge in [-0.25, -0.2) is 12.8 Å². The number of nitrogens with one attached hydrogen (secondary N) is 1. The third-order valence-electron chi connectivity index (χ3n) is 2.19. The first-order valence-corrected chi connectivity index (χ1v) is 7.34. The maximum Gasteiger partial charge on any atom is 0.262 e. The number of halogens is 1. The number of benzene rings is 1. The zero-order chi connectivity index (χ0) is 13.2. The molecule has 1 aromatic heterocycles. The van der Waals surface area contributed by atoms with Crippen LogP contribution in [-0.2, 0) is 16.6 Å². The molecule has 2 N–H and O–H groups in total. The molecule has 0 radical (unpaired) electrons. The molecule has 1 heterocycles. The Morgan fingerprint density at radius 1 is 1.28 bits per heavy atom. The second-order valence-electron chi connectivity index (χ2n) is 3.52. The van der Waals surface area contributed by atoms with Crippen LogP contribution < -0.4 is 4.72 Å². The lowest BCUT2D eigenvalue weighted by Gasteiger charge is -2.05. The van der Waals surface area contributed by atoms with Crippen molar-refractivity contribution in [2.75, 3.05) is 4.72 Å². The standard InChI is InChI=1S/C11H10FNO3S2/c12-8-1-3-9(4-2-8)13-18(15,16)11-5-10(6-14)17-7-11/h1-5,7,13-14H,6H2. The van der Waals surface area contributed by atoms with Crippen LogP contribution >= 0.6 is 11.3 Å². The van der Waals surface area contributed by atoms with Crippen LogP contribution in [0.25, 0.3) is 0 Å². The van der Waals surface area contributed by atoms with Crippen molar-refractivity contribution < 1.29 is 17.9 Å². The number of hydrogen-bond acceptors (Lipinski definition) is 4. The molecule has 0 spiro atoms. The first kappa shape index (κ1) is 13.0. The number of rotatable bonds is 4. The van der Waals surface area contributed by atoms with E-state index < -0.39 is 15.8 Å². The van der Waals surface area contributed by atoms with Crippen LogP contribution in [0.2, 0.25) is 0 Å². The van der Waals surface area contributed by atoms with Crippen molar-refractivity contribution in [3.05, 3.63) is 46.4 Å². The topological polar surface area (TPSA) is 66.4 Å². The molecule has 0 bridgehead atoms. The zero-order valence-electron chi connectivity index (χ0n) is 9.13. The number of aliphatic hydroxyl groups excluding tert-OH is 1. The molecule has 4 nitrogen and oxygen atoms in total. The van der Waals surface area contributed by atoms with Gasteiger partial charge >= 0.3 is 0 Å². The minimum absolute atomic E-state index is 0.0841.